The number of carbonyl (C=O) groups is 3. The van der Waals surface area contributed by atoms with Crippen LogP contribution in [0.2, 0.25) is 0 Å². The molecule has 0 spiro atoms. The normalized spacial score (nSPS) is 16.6. The van der Waals surface area contributed by atoms with E-state index in [1.54, 1.807) is 51.8 Å². The summed E-state index contributed by atoms with van der Waals surface area (Å²) in [5.74, 6) is 0.918. The Labute approximate surface area is 440 Å². The Bertz CT molecular complexity index is 2920. The SMILES string of the molecule is CN[C@@H](C)C(=O)N[C@H](C(=O)N1Cc2cc(OCCOCCOCCOCCOc3cc4ncnc(Nc5n[nH]c(C)c5C)c4cc3S(=O)(=O)C(C)(C)C)ccc2C[C@H]1C(=O)NC1CCCc2ccccc21)C(C)(C)C. The average molecular weight is 1050 g/mol. The van der Waals surface area contributed by atoms with E-state index in [0.717, 1.165) is 47.2 Å². The van der Waals surface area contributed by atoms with E-state index in [2.05, 4.69) is 53.6 Å². The molecule has 19 nitrogen and oxygen atoms in total. The molecule has 406 valence electrons. The lowest BCUT2D eigenvalue weighted by atomic mass is 9.83. The van der Waals surface area contributed by atoms with Crippen LogP contribution in [0.25, 0.3) is 10.9 Å². The van der Waals surface area contributed by atoms with E-state index >= 15 is 0 Å². The number of sulfone groups is 1. The minimum Gasteiger partial charge on any atom is -0.491 e. The van der Waals surface area contributed by atoms with E-state index in [4.69, 9.17) is 23.7 Å². The number of rotatable bonds is 23. The molecule has 20 heteroatoms. The van der Waals surface area contributed by atoms with Crippen molar-refractivity contribution in [3.05, 3.63) is 94.4 Å². The molecule has 0 bridgehead atoms. The number of aromatic nitrogens is 4. The monoisotopic (exact) mass is 1050 g/mol. The van der Waals surface area contributed by atoms with Gasteiger partial charge in [0.25, 0.3) is 0 Å². The fraction of sp³-hybridized carbons (Fsp3) is 0.527. The molecule has 0 saturated carbocycles. The van der Waals surface area contributed by atoms with Gasteiger partial charge in [0.1, 0.15) is 53.8 Å². The molecule has 0 saturated heterocycles. The van der Waals surface area contributed by atoms with Gasteiger partial charge in [0.05, 0.1) is 62.0 Å². The van der Waals surface area contributed by atoms with Crippen molar-refractivity contribution in [2.24, 2.45) is 5.41 Å². The molecule has 0 radical (unpaired) electrons. The van der Waals surface area contributed by atoms with Crippen molar-refractivity contribution in [2.75, 3.05) is 65.2 Å². The summed E-state index contributed by atoms with van der Waals surface area (Å²) in [4.78, 5) is 52.7. The summed E-state index contributed by atoms with van der Waals surface area (Å²) in [5.41, 5.74) is 5.80. The molecule has 2 aromatic heterocycles. The number of aryl methyl sites for hydroxylation is 2. The highest BCUT2D eigenvalue weighted by molar-refractivity contribution is 7.92. The third-order valence-corrected chi connectivity index (χ3v) is 16.3. The molecule has 7 rings (SSSR count). The molecule has 3 heterocycles. The standard InChI is InChI=1S/C55H75N9O10S/c1-34-35(2)62-63-49(34)61-50-42-30-47(75(68,69)55(7,8)9)46(31-44(42)57-33-58-50)74-27-25-72-23-21-70-20-22-71-24-26-73-40-19-18-38-29-45(52(66)59-43-17-13-15-37-14-11-12-16-41(37)43)64(32-39(38)28-40)53(67)48(54(4,5)6)60-51(65)36(3)56-10/h11-12,14,16,18-19,28,30-31,33,36,43,45,48,56H,13,15,17,20-27,29,32H2,1-10H3,(H,59,66)(H,60,65)(H2,57,58,61,62,63)/t36-,43?,45-,48+/m0/s1. The summed E-state index contributed by atoms with van der Waals surface area (Å²) in [7, 11) is -2.16. The lowest BCUT2D eigenvalue weighted by Crippen LogP contribution is -2.62. The lowest BCUT2D eigenvalue weighted by Gasteiger charge is -2.41. The molecular weight excluding hydrogens is 979 g/mol. The number of aromatic amines is 1. The lowest BCUT2D eigenvalue weighted by molar-refractivity contribution is -0.147. The first-order valence-corrected chi connectivity index (χ1v) is 27.2. The van der Waals surface area contributed by atoms with Crippen molar-refractivity contribution in [2.45, 2.75) is 128 Å². The van der Waals surface area contributed by atoms with Crippen LogP contribution in [-0.2, 0) is 57.8 Å². The van der Waals surface area contributed by atoms with Gasteiger partial charge in [-0.15, -0.1) is 0 Å². The Morgan fingerprint density at radius 3 is 2.16 bits per heavy atom. The number of hydrogen-bond acceptors (Lipinski definition) is 15. The number of hydrogen-bond donors (Lipinski definition) is 5. The van der Waals surface area contributed by atoms with Crippen LogP contribution in [-0.4, -0.2) is 134 Å². The van der Waals surface area contributed by atoms with Gasteiger partial charge in [0.2, 0.25) is 17.7 Å². The number of carbonyl (C=O) groups excluding carboxylic acids is 3. The predicted molar refractivity (Wildman–Crippen MR) is 286 cm³/mol. The van der Waals surface area contributed by atoms with Crippen LogP contribution >= 0.6 is 0 Å². The third kappa shape index (κ3) is 13.8. The number of anilines is 2. The predicted octanol–water partition coefficient (Wildman–Crippen LogP) is 6.38. The molecule has 4 atom stereocenters. The maximum absolute atomic E-state index is 14.7. The van der Waals surface area contributed by atoms with Crippen LogP contribution in [0.5, 0.6) is 11.5 Å². The highest BCUT2D eigenvalue weighted by Crippen LogP contribution is 2.38. The van der Waals surface area contributed by atoms with E-state index in [0.29, 0.717) is 61.1 Å². The molecule has 1 aliphatic carbocycles. The highest BCUT2D eigenvalue weighted by atomic mass is 32.2. The molecule has 1 aliphatic heterocycles. The number of nitrogens with zero attached hydrogens (tertiary/aromatic N) is 4. The van der Waals surface area contributed by atoms with Crippen LogP contribution in [0.3, 0.4) is 0 Å². The summed E-state index contributed by atoms with van der Waals surface area (Å²) >= 11 is 0. The van der Waals surface area contributed by atoms with E-state index in [-0.39, 0.29) is 67.4 Å². The second-order valence-electron chi connectivity index (χ2n) is 21.2. The van der Waals surface area contributed by atoms with E-state index in [1.807, 2.05) is 65.0 Å². The van der Waals surface area contributed by atoms with Gasteiger partial charge in [-0.25, -0.2) is 18.4 Å². The second-order valence-corrected chi connectivity index (χ2v) is 23.9. The molecule has 3 amide bonds. The third-order valence-electron chi connectivity index (χ3n) is 13.8. The summed E-state index contributed by atoms with van der Waals surface area (Å²) < 4.78 is 55.9. The summed E-state index contributed by atoms with van der Waals surface area (Å²) in [6.45, 7) is 18.5. The topological polar surface area (TPSA) is 237 Å². The Morgan fingerprint density at radius 1 is 0.827 bits per heavy atom. The Balaban J connectivity index is 0.873. The van der Waals surface area contributed by atoms with Gasteiger partial charge in [-0.2, -0.15) is 5.10 Å². The molecule has 1 unspecified atom stereocenters. The van der Waals surface area contributed by atoms with Crippen LogP contribution in [0.15, 0.2) is 65.8 Å². The van der Waals surface area contributed by atoms with Gasteiger partial charge < -0.3 is 49.9 Å². The van der Waals surface area contributed by atoms with Gasteiger partial charge >= 0.3 is 0 Å². The van der Waals surface area contributed by atoms with Crippen molar-refractivity contribution >= 4 is 50.1 Å². The maximum atomic E-state index is 14.7. The van der Waals surface area contributed by atoms with Crippen LogP contribution in [0.4, 0.5) is 11.6 Å². The summed E-state index contributed by atoms with van der Waals surface area (Å²) in [5, 5.41) is 20.2. The number of H-pyrrole nitrogens is 1. The van der Waals surface area contributed by atoms with Crippen molar-refractivity contribution in [3.63, 3.8) is 0 Å². The summed E-state index contributed by atoms with van der Waals surface area (Å²) in [6.07, 6.45) is 4.43. The molecule has 2 aliphatic rings. The maximum Gasteiger partial charge on any atom is 0.246 e. The van der Waals surface area contributed by atoms with E-state index < -0.39 is 38.1 Å². The second kappa shape index (κ2) is 24.7. The van der Waals surface area contributed by atoms with Crippen molar-refractivity contribution in [3.8, 4) is 11.5 Å². The molecule has 0 fully saturated rings. The number of likely N-dealkylation sites (N-methyl/N-ethyl adjacent to an activating group) is 1. The Morgan fingerprint density at radius 2 is 1.51 bits per heavy atom. The minimum absolute atomic E-state index is 0.0257. The van der Waals surface area contributed by atoms with E-state index in [9.17, 15) is 22.8 Å². The van der Waals surface area contributed by atoms with Gasteiger partial charge in [-0.05, 0) is 114 Å². The quantitative estimate of drug-likeness (QED) is 0.0447. The van der Waals surface area contributed by atoms with Crippen LogP contribution < -0.4 is 30.7 Å². The Kier molecular flexibility index (Phi) is 18.6. The molecule has 75 heavy (non-hydrogen) atoms. The number of fused-ring (bicyclic) bond motifs is 3. The fourth-order valence-corrected chi connectivity index (χ4v) is 10.3. The van der Waals surface area contributed by atoms with Gasteiger partial charge in [0.15, 0.2) is 15.7 Å². The number of benzene rings is 3. The first-order chi connectivity index (χ1) is 35.7. The van der Waals surface area contributed by atoms with Crippen LogP contribution in [0, 0.1) is 19.3 Å². The Hall–Kier alpha value is -6.19. The van der Waals surface area contributed by atoms with Crippen molar-refractivity contribution in [1.82, 2.24) is 41.0 Å². The molecular formula is C55H75N9O10S. The summed E-state index contributed by atoms with van der Waals surface area (Å²) in [6, 6.07) is 14.7. The van der Waals surface area contributed by atoms with Gasteiger partial charge in [-0.1, -0.05) is 51.1 Å². The van der Waals surface area contributed by atoms with E-state index in [1.165, 1.54) is 11.9 Å². The van der Waals surface area contributed by atoms with Gasteiger partial charge in [0, 0.05) is 35.7 Å². The smallest absolute Gasteiger partial charge is 0.246 e. The minimum atomic E-state index is -3.85. The van der Waals surface area contributed by atoms with Crippen molar-refractivity contribution in [1.29, 1.82) is 0 Å². The molecule has 5 N–H and O–H groups in total. The largest absolute Gasteiger partial charge is 0.491 e. The number of amides is 3. The first kappa shape index (κ1) is 56.5. The fourth-order valence-electron chi connectivity index (χ4n) is 9.01. The van der Waals surface area contributed by atoms with Gasteiger partial charge in [-0.3, -0.25) is 19.5 Å². The van der Waals surface area contributed by atoms with Crippen molar-refractivity contribution < 1.29 is 46.5 Å². The first-order valence-electron chi connectivity index (χ1n) is 25.8. The zero-order chi connectivity index (χ0) is 54.1. The molecule has 5 aromatic rings. The zero-order valence-electron chi connectivity index (χ0n) is 45.1. The van der Waals surface area contributed by atoms with Crippen LogP contribution in [0.1, 0.15) is 101 Å². The highest BCUT2D eigenvalue weighted by Gasteiger charge is 2.43. The number of ether oxygens (including phenoxy) is 5. The zero-order valence-corrected chi connectivity index (χ0v) is 45.9. The average Bonchev–Trinajstić information content (AvgIpc) is 3.69. The number of nitrogens with one attached hydrogen (secondary N) is 5. The molecule has 3 aromatic carbocycles.